The van der Waals surface area contributed by atoms with Gasteiger partial charge in [0.2, 0.25) is 0 Å². The Morgan fingerprint density at radius 1 is 1.15 bits per heavy atom. The average Bonchev–Trinajstić information content (AvgIpc) is 2.32. The SMILES string of the molecule is CCC(CC)C(CNC(C)C(C)(C)S(C)(=O)=O)N(C)C. The third kappa shape index (κ3) is 5.01. The van der Waals surface area contributed by atoms with Crippen molar-refractivity contribution >= 4 is 9.84 Å². The maximum absolute atomic E-state index is 11.9. The van der Waals surface area contributed by atoms with E-state index in [1.54, 1.807) is 13.8 Å². The van der Waals surface area contributed by atoms with Crippen molar-refractivity contribution in [3.8, 4) is 0 Å². The highest BCUT2D eigenvalue weighted by Crippen LogP contribution is 2.21. The van der Waals surface area contributed by atoms with E-state index in [1.165, 1.54) is 6.26 Å². The van der Waals surface area contributed by atoms with Crippen LogP contribution in [0.1, 0.15) is 47.5 Å². The average molecular weight is 307 g/mol. The van der Waals surface area contributed by atoms with Gasteiger partial charge in [-0.2, -0.15) is 0 Å². The normalized spacial score (nSPS) is 16.7. The second kappa shape index (κ2) is 7.76. The Morgan fingerprint density at radius 2 is 1.60 bits per heavy atom. The van der Waals surface area contributed by atoms with Crippen molar-refractivity contribution in [2.75, 3.05) is 26.9 Å². The second-order valence-electron chi connectivity index (χ2n) is 6.61. The van der Waals surface area contributed by atoms with Crippen LogP contribution in [-0.4, -0.2) is 57.0 Å². The van der Waals surface area contributed by atoms with Gasteiger partial charge in [0, 0.05) is 24.9 Å². The van der Waals surface area contributed by atoms with E-state index in [4.69, 9.17) is 0 Å². The molecule has 2 atom stereocenters. The highest BCUT2D eigenvalue weighted by Gasteiger charge is 2.36. The molecule has 122 valence electrons. The minimum Gasteiger partial charge on any atom is -0.311 e. The molecule has 5 heteroatoms. The highest BCUT2D eigenvalue weighted by atomic mass is 32.2. The first-order valence-corrected chi connectivity index (χ1v) is 9.47. The predicted octanol–water partition coefficient (Wildman–Crippen LogP) is 2.15. The van der Waals surface area contributed by atoms with E-state index in [-0.39, 0.29) is 6.04 Å². The molecule has 0 aliphatic rings. The van der Waals surface area contributed by atoms with Crippen LogP contribution < -0.4 is 5.32 Å². The maximum atomic E-state index is 11.9. The summed E-state index contributed by atoms with van der Waals surface area (Å²) in [5.41, 5.74) is 0. The molecule has 0 aromatic carbocycles. The van der Waals surface area contributed by atoms with Crippen molar-refractivity contribution in [1.29, 1.82) is 0 Å². The lowest BCUT2D eigenvalue weighted by Gasteiger charge is -2.36. The van der Waals surface area contributed by atoms with Crippen molar-refractivity contribution in [3.63, 3.8) is 0 Å². The number of likely N-dealkylation sites (N-methyl/N-ethyl adjacent to an activating group) is 1. The van der Waals surface area contributed by atoms with E-state index in [0.29, 0.717) is 12.0 Å². The lowest BCUT2D eigenvalue weighted by Crippen LogP contribution is -2.53. The van der Waals surface area contributed by atoms with E-state index >= 15 is 0 Å². The molecule has 0 fully saturated rings. The van der Waals surface area contributed by atoms with Gasteiger partial charge in [0.15, 0.2) is 9.84 Å². The standard InChI is InChI=1S/C15H34N2O2S/c1-9-13(10-2)14(17(6)7)11-16-12(3)15(4,5)20(8,18)19/h12-14,16H,9-11H2,1-8H3. The smallest absolute Gasteiger partial charge is 0.154 e. The Labute approximate surface area is 126 Å². The largest absolute Gasteiger partial charge is 0.311 e. The van der Waals surface area contributed by atoms with E-state index in [1.807, 2.05) is 6.92 Å². The fraction of sp³-hybridized carbons (Fsp3) is 1.00. The van der Waals surface area contributed by atoms with Gasteiger partial charge in [-0.15, -0.1) is 0 Å². The van der Waals surface area contributed by atoms with Crippen molar-refractivity contribution in [3.05, 3.63) is 0 Å². The molecule has 2 unspecified atom stereocenters. The van der Waals surface area contributed by atoms with Crippen molar-refractivity contribution < 1.29 is 8.42 Å². The first-order valence-electron chi connectivity index (χ1n) is 7.58. The van der Waals surface area contributed by atoms with Crippen LogP contribution in [0.3, 0.4) is 0 Å². The molecule has 0 rings (SSSR count). The summed E-state index contributed by atoms with van der Waals surface area (Å²) in [6, 6.07) is 0.358. The molecule has 0 saturated carbocycles. The molecular weight excluding hydrogens is 272 g/mol. The summed E-state index contributed by atoms with van der Waals surface area (Å²) in [4.78, 5) is 2.24. The molecule has 20 heavy (non-hydrogen) atoms. The number of nitrogens with one attached hydrogen (secondary N) is 1. The monoisotopic (exact) mass is 306 g/mol. The summed E-state index contributed by atoms with van der Waals surface area (Å²) in [5.74, 6) is 0.631. The lowest BCUT2D eigenvalue weighted by atomic mass is 9.92. The van der Waals surface area contributed by atoms with E-state index < -0.39 is 14.6 Å². The van der Waals surface area contributed by atoms with Gasteiger partial charge in [0.05, 0.1) is 4.75 Å². The molecule has 0 amide bonds. The molecule has 0 aromatic rings. The number of sulfone groups is 1. The summed E-state index contributed by atoms with van der Waals surface area (Å²) in [6.07, 6.45) is 3.60. The molecular formula is C15H34N2O2S. The number of hydrogen-bond donors (Lipinski definition) is 1. The fourth-order valence-electron chi connectivity index (χ4n) is 2.47. The van der Waals surface area contributed by atoms with Gasteiger partial charge in [-0.25, -0.2) is 8.42 Å². The Kier molecular flexibility index (Phi) is 7.71. The zero-order valence-electron chi connectivity index (χ0n) is 14.5. The molecule has 0 saturated heterocycles. The van der Waals surface area contributed by atoms with Gasteiger partial charge in [-0.05, 0) is 40.8 Å². The molecule has 0 aromatic heterocycles. The van der Waals surface area contributed by atoms with E-state index in [0.717, 1.165) is 19.4 Å². The fourth-order valence-corrected chi connectivity index (χ4v) is 3.19. The van der Waals surface area contributed by atoms with Gasteiger partial charge in [-0.3, -0.25) is 0 Å². The van der Waals surface area contributed by atoms with Crippen molar-refractivity contribution in [2.24, 2.45) is 5.92 Å². The summed E-state index contributed by atoms with van der Waals surface area (Å²) >= 11 is 0. The predicted molar refractivity (Wildman–Crippen MR) is 87.9 cm³/mol. The van der Waals surface area contributed by atoms with Gasteiger partial charge < -0.3 is 10.2 Å². The minimum absolute atomic E-state index is 0.0747. The highest BCUT2D eigenvalue weighted by molar-refractivity contribution is 7.92. The second-order valence-corrected chi connectivity index (χ2v) is 9.21. The van der Waals surface area contributed by atoms with Gasteiger partial charge in [0.1, 0.15) is 0 Å². The van der Waals surface area contributed by atoms with Gasteiger partial charge in [-0.1, -0.05) is 26.7 Å². The van der Waals surface area contributed by atoms with Crippen LogP contribution >= 0.6 is 0 Å². The van der Waals surface area contributed by atoms with E-state index in [9.17, 15) is 8.42 Å². The number of hydrogen-bond acceptors (Lipinski definition) is 4. The molecule has 0 radical (unpaired) electrons. The van der Waals surface area contributed by atoms with Crippen LogP contribution in [0.25, 0.3) is 0 Å². The number of nitrogens with zero attached hydrogens (tertiary/aromatic N) is 1. The van der Waals surface area contributed by atoms with Crippen molar-refractivity contribution in [1.82, 2.24) is 10.2 Å². The molecule has 0 aliphatic carbocycles. The summed E-state index contributed by atoms with van der Waals surface area (Å²) in [5, 5.41) is 3.44. The van der Waals surface area contributed by atoms with Crippen LogP contribution in [0.2, 0.25) is 0 Å². The molecule has 0 spiro atoms. The van der Waals surface area contributed by atoms with Gasteiger partial charge >= 0.3 is 0 Å². The molecule has 1 N–H and O–H groups in total. The van der Waals surface area contributed by atoms with Crippen LogP contribution in [0, 0.1) is 5.92 Å². The van der Waals surface area contributed by atoms with Crippen LogP contribution in [-0.2, 0) is 9.84 Å². The summed E-state index contributed by atoms with van der Waals surface area (Å²) in [7, 11) is 1.11. The third-order valence-corrected chi connectivity index (χ3v) is 7.15. The minimum atomic E-state index is -3.08. The molecule has 0 heterocycles. The lowest BCUT2D eigenvalue weighted by molar-refractivity contribution is 0.187. The van der Waals surface area contributed by atoms with Crippen molar-refractivity contribution in [2.45, 2.75) is 64.3 Å². The zero-order valence-corrected chi connectivity index (χ0v) is 15.3. The van der Waals surface area contributed by atoms with Crippen LogP contribution in [0.5, 0.6) is 0 Å². The maximum Gasteiger partial charge on any atom is 0.154 e. The zero-order chi connectivity index (χ0) is 16.1. The van der Waals surface area contributed by atoms with Crippen LogP contribution in [0.15, 0.2) is 0 Å². The van der Waals surface area contributed by atoms with E-state index in [2.05, 4.69) is 38.2 Å². The van der Waals surface area contributed by atoms with Crippen LogP contribution in [0.4, 0.5) is 0 Å². The first kappa shape index (κ1) is 19.9. The summed E-state index contributed by atoms with van der Waals surface area (Å²) in [6.45, 7) is 10.8. The molecule has 4 nitrogen and oxygen atoms in total. The third-order valence-electron chi connectivity index (χ3n) is 4.89. The summed E-state index contributed by atoms with van der Waals surface area (Å²) < 4.78 is 23.0. The Hall–Kier alpha value is -0.130. The Bertz CT molecular complexity index is 373. The Morgan fingerprint density at radius 3 is 1.90 bits per heavy atom. The topological polar surface area (TPSA) is 49.4 Å². The Balaban J connectivity index is 4.80. The van der Waals surface area contributed by atoms with Gasteiger partial charge in [0.25, 0.3) is 0 Å². The number of rotatable bonds is 9. The molecule has 0 bridgehead atoms. The molecule has 0 aliphatic heterocycles. The quantitative estimate of drug-likeness (QED) is 0.709. The first-order chi connectivity index (χ1) is 8.98.